The molecule has 4 N–H and O–H groups in total. The molecule has 23 heavy (non-hydrogen) atoms. The lowest BCUT2D eigenvalue weighted by atomic mass is 10.1. The summed E-state index contributed by atoms with van der Waals surface area (Å²) in [4.78, 5) is 20.8. The molecule has 1 aliphatic rings. The molecule has 0 atom stereocenters. The fraction of sp³-hybridized carbons (Fsp3) is 0.125. The summed E-state index contributed by atoms with van der Waals surface area (Å²) in [5.41, 5.74) is 8.11. The SMILES string of the molecule is Nc1n[nH]c2ccc(C(=O)NCc3ccc4c(c3)=NCN=4)cc12. The molecule has 1 aromatic heterocycles. The van der Waals surface area contributed by atoms with E-state index in [9.17, 15) is 4.79 Å². The van der Waals surface area contributed by atoms with Crippen LogP contribution >= 0.6 is 0 Å². The fourth-order valence-electron chi connectivity index (χ4n) is 2.59. The van der Waals surface area contributed by atoms with Gasteiger partial charge in [-0.2, -0.15) is 5.10 Å². The molecule has 3 aromatic rings. The van der Waals surface area contributed by atoms with Crippen LogP contribution in [0.25, 0.3) is 10.9 Å². The molecule has 2 heterocycles. The number of rotatable bonds is 3. The zero-order valence-electron chi connectivity index (χ0n) is 12.2. The normalized spacial score (nSPS) is 12.5. The maximum Gasteiger partial charge on any atom is 0.251 e. The first-order valence-electron chi connectivity index (χ1n) is 7.20. The molecule has 0 saturated heterocycles. The van der Waals surface area contributed by atoms with Gasteiger partial charge in [-0.25, -0.2) is 0 Å². The number of aromatic nitrogens is 2. The molecule has 1 aliphatic heterocycles. The number of hydrogen-bond acceptors (Lipinski definition) is 5. The third kappa shape index (κ3) is 2.42. The first-order valence-corrected chi connectivity index (χ1v) is 7.20. The Bertz CT molecular complexity index is 1040. The Morgan fingerprint density at radius 2 is 2.04 bits per heavy atom. The fourth-order valence-corrected chi connectivity index (χ4v) is 2.59. The van der Waals surface area contributed by atoms with E-state index in [1.54, 1.807) is 18.2 Å². The molecule has 0 spiro atoms. The number of nitrogen functional groups attached to an aromatic ring is 1. The monoisotopic (exact) mass is 306 g/mol. The minimum absolute atomic E-state index is 0.158. The highest BCUT2D eigenvalue weighted by Crippen LogP contribution is 2.19. The highest BCUT2D eigenvalue weighted by atomic mass is 16.1. The van der Waals surface area contributed by atoms with Crippen LogP contribution in [0.4, 0.5) is 5.82 Å². The van der Waals surface area contributed by atoms with Gasteiger partial charge in [-0.15, -0.1) is 0 Å². The van der Waals surface area contributed by atoms with Crippen molar-refractivity contribution in [3.63, 3.8) is 0 Å². The van der Waals surface area contributed by atoms with Crippen LogP contribution in [0, 0.1) is 0 Å². The first kappa shape index (κ1) is 13.4. The number of nitrogens with two attached hydrogens (primary N) is 1. The molecule has 0 unspecified atom stereocenters. The number of anilines is 1. The van der Waals surface area contributed by atoms with Crippen LogP contribution in [0.5, 0.6) is 0 Å². The second-order valence-electron chi connectivity index (χ2n) is 5.33. The van der Waals surface area contributed by atoms with Crippen molar-refractivity contribution in [1.82, 2.24) is 15.5 Å². The average Bonchev–Trinajstić information content (AvgIpc) is 3.18. The molecular weight excluding hydrogens is 292 g/mol. The number of carbonyl (C=O) groups excluding carboxylic acids is 1. The number of aromatic amines is 1. The van der Waals surface area contributed by atoms with Crippen molar-refractivity contribution in [3.05, 3.63) is 58.2 Å². The van der Waals surface area contributed by atoms with Crippen LogP contribution in [0.2, 0.25) is 0 Å². The number of benzene rings is 2. The van der Waals surface area contributed by atoms with Crippen LogP contribution in [0.1, 0.15) is 15.9 Å². The summed E-state index contributed by atoms with van der Waals surface area (Å²) in [6.07, 6.45) is 0. The van der Waals surface area contributed by atoms with E-state index in [-0.39, 0.29) is 5.91 Å². The van der Waals surface area contributed by atoms with Crippen LogP contribution in [0.15, 0.2) is 46.4 Å². The average molecular weight is 306 g/mol. The van der Waals surface area contributed by atoms with E-state index in [4.69, 9.17) is 5.73 Å². The lowest BCUT2D eigenvalue weighted by molar-refractivity contribution is 0.0951. The Labute approximate surface area is 130 Å². The van der Waals surface area contributed by atoms with Crippen molar-refractivity contribution in [2.45, 2.75) is 6.54 Å². The Kier molecular flexibility index (Phi) is 3.04. The topological polar surface area (TPSA) is 109 Å². The lowest BCUT2D eigenvalue weighted by Crippen LogP contribution is -2.26. The highest BCUT2D eigenvalue weighted by Gasteiger charge is 2.09. The van der Waals surface area contributed by atoms with Crippen LogP contribution in [0.3, 0.4) is 0 Å². The van der Waals surface area contributed by atoms with E-state index in [0.717, 1.165) is 27.2 Å². The molecule has 1 amide bonds. The highest BCUT2D eigenvalue weighted by molar-refractivity contribution is 6.00. The smallest absolute Gasteiger partial charge is 0.251 e. The zero-order valence-corrected chi connectivity index (χ0v) is 12.2. The maximum absolute atomic E-state index is 12.3. The van der Waals surface area contributed by atoms with Gasteiger partial charge in [0.25, 0.3) is 5.91 Å². The van der Waals surface area contributed by atoms with E-state index < -0.39 is 0 Å². The molecule has 0 saturated carbocycles. The summed E-state index contributed by atoms with van der Waals surface area (Å²) < 4.78 is 0. The van der Waals surface area contributed by atoms with Crippen molar-refractivity contribution in [3.8, 4) is 0 Å². The van der Waals surface area contributed by atoms with Crippen LogP contribution in [-0.2, 0) is 6.54 Å². The lowest BCUT2D eigenvalue weighted by Gasteiger charge is -2.05. The molecule has 7 heteroatoms. The molecule has 0 aliphatic carbocycles. The second kappa shape index (κ2) is 5.20. The Hall–Kier alpha value is -3.22. The number of nitrogens with one attached hydrogen (secondary N) is 2. The maximum atomic E-state index is 12.3. The second-order valence-corrected chi connectivity index (χ2v) is 5.33. The van der Waals surface area contributed by atoms with Gasteiger partial charge in [-0.1, -0.05) is 6.07 Å². The quantitative estimate of drug-likeness (QED) is 0.647. The van der Waals surface area contributed by atoms with Crippen molar-refractivity contribution < 1.29 is 4.79 Å². The molecule has 7 nitrogen and oxygen atoms in total. The van der Waals surface area contributed by atoms with Crippen LogP contribution < -0.4 is 21.8 Å². The molecule has 114 valence electrons. The van der Waals surface area contributed by atoms with Crippen molar-refractivity contribution in [2.24, 2.45) is 9.98 Å². The Morgan fingerprint density at radius 3 is 2.96 bits per heavy atom. The standard InChI is InChI=1S/C16H14N6O/c17-15-11-6-10(2-4-12(11)21-22-15)16(23)18-7-9-1-3-13-14(5-9)20-8-19-13/h1-6H,7-8H2,(H,18,23)(H3,17,21,22). The van der Waals surface area contributed by atoms with Crippen molar-refractivity contribution in [1.29, 1.82) is 0 Å². The summed E-state index contributed by atoms with van der Waals surface area (Å²) in [5, 5.41) is 12.2. The van der Waals surface area contributed by atoms with Gasteiger partial charge in [0.1, 0.15) is 6.67 Å². The summed E-state index contributed by atoms with van der Waals surface area (Å²) in [6, 6.07) is 11.1. The van der Waals surface area contributed by atoms with Gasteiger partial charge < -0.3 is 11.1 Å². The zero-order chi connectivity index (χ0) is 15.8. The minimum atomic E-state index is -0.158. The number of hydrogen-bond donors (Lipinski definition) is 3. The molecule has 0 radical (unpaired) electrons. The summed E-state index contributed by atoms with van der Waals surface area (Å²) in [6.45, 7) is 0.915. The number of carbonyl (C=O) groups is 1. The van der Waals surface area contributed by atoms with Gasteiger partial charge in [0.15, 0.2) is 5.82 Å². The van der Waals surface area contributed by atoms with Crippen molar-refractivity contribution in [2.75, 3.05) is 12.4 Å². The number of H-pyrrole nitrogens is 1. The third-order valence-corrected chi connectivity index (χ3v) is 3.83. The predicted octanol–water partition coefficient (Wildman–Crippen LogP) is 0.285. The van der Waals surface area contributed by atoms with E-state index in [0.29, 0.717) is 24.6 Å². The van der Waals surface area contributed by atoms with Crippen LogP contribution in [-0.4, -0.2) is 22.8 Å². The Balaban J connectivity index is 1.53. The van der Waals surface area contributed by atoms with E-state index in [1.807, 2.05) is 18.2 Å². The number of fused-ring (bicyclic) bond motifs is 2. The van der Waals surface area contributed by atoms with Gasteiger partial charge in [0.05, 0.1) is 16.2 Å². The van der Waals surface area contributed by atoms with E-state index in [1.165, 1.54) is 0 Å². The van der Waals surface area contributed by atoms with Gasteiger partial charge in [-0.05, 0) is 35.9 Å². The van der Waals surface area contributed by atoms with Crippen molar-refractivity contribution >= 4 is 22.6 Å². The van der Waals surface area contributed by atoms with Gasteiger partial charge in [-0.3, -0.25) is 19.9 Å². The van der Waals surface area contributed by atoms with Gasteiger partial charge >= 0.3 is 0 Å². The molecule has 0 bridgehead atoms. The summed E-state index contributed by atoms with van der Waals surface area (Å²) >= 11 is 0. The van der Waals surface area contributed by atoms with E-state index >= 15 is 0 Å². The first-order chi connectivity index (χ1) is 11.2. The van der Waals surface area contributed by atoms with Gasteiger partial charge in [0, 0.05) is 17.5 Å². The largest absolute Gasteiger partial charge is 0.382 e. The van der Waals surface area contributed by atoms with E-state index in [2.05, 4.69) is 25.5 Å². The van der Waals surface area contributed by atoms with Gasteiger partial charge in [0.2, 0.25) is 0 Å². The molecule has 4 rings (SSSR count). The third-order valence-electron chi connectivity index (χ3n) is 3.83. The summed E-state index contributed by atoms with van der Waals surface area (Å²) in [7, 11) is 0. The number of nitrogens with zero attached hydrogens (tertiary/aromatic N) is 3. The summed E-state index contributed by atoms with van der Waals surface area (Å²) in [5.74, 6) is 0.230. The Morgan fingerprint density at radius 1 is 1.17 bits per heavy atom. The molecular formula is C16H14N6O. The predicted molar refractivity (Wildman–Crippen MR) is 85.3 cm³/mol. The molecule has 0 fully saturated rings. The molecule has 2 aromatic carbocycles. The number of amides is 1. The minimum Gasteiger partial charge on any atom is -0.382 e.